The largest absolute Gasteiger partial charge is 0.316 e. The van der Waals surface area contributed by atoms with Crippen molar-refractivity contribution in [2.75, 3.05) is 0 Å². The van der Waals surface area contributed by atoms with Gasteiger partial charge in [0, 0.05) is 6.54 Å². The van der Waals surface area contributed by atoms with E-state index in [0.29, 0.717) is 5.82 Å². The molecule has 1 unspecified atom stereocenters. The van der Waals surface area contributed by atoms with E-state index in [2.05, 4.69) is 36.2 Å². The van der Waals surface area contributed by atoms with Gasteiger partial charge in [-0.2, -0.15) is 10.2 Å². The average Bonchev–Trinajstić information content (AvgIpc) is 2.85. The van der Waals surface area contributed by atoms with Gasteiger partial charge in [0.25, 0.3) is 0 Å². The third-order valence-electron chi connectivity index (χ3n) is 2.16. The van der Waals surface area contributed by atoms with Crippen LogP contribution >= 0.6 is 15.9 Å². The molecule has 0 aliphatic heterocycles. The Morgan fingerprint density at radius 2 is 2.47 bits per heavy atom. The van der Waals surface area contributed by atoms with Crippen molar-refractivity contribution in [2.24, 2.45) is 5.73 Å². The lowest BCUT2D eigenvalue weighted by atomic mass is 10.2. The molecule has 0 saturated heterocycles. The smallest absolute Gasteiger partial charge is 0.147 e. The fourth-order valence-corrected chi connectivity index (χ4v) is 1.97. The lowest BCUT2D eigenvalue weighted by Crippen LogP contribution is -2.19. The number of aryl methyl sites for hydroxylation is 1. The van der Waals surface area contributed by atoms with Crippen molar-refractivity contribution in [1.82, 2.24) is 25.0 Å². The second kappa shape index (κ2) is 4.11. The SMILES string of the molecule is CCn1ncc(Br)c1C(N)c1ncn[nH]1. The van der Waals surface area contributed by atoms with Crippen LogP contribution in [0.5, 0.6) is 0 Å². The van der Waals surface area contributed by atoms with Gasteiger partial charge in [-0.25, -0.2) is 4.98 Å². The van der Waals surface area contributed by atoms with E-state index in [1.54, 1.807) is 6.20 Å². The predicted octanol–water partition coefficient (Wildman–Crippen LogP) is 0.832. The van der Waals surface area contributed by atoms with Gasteiger partial charge in [0.1, 0.15) is 18.2 Å². The van der Waals surface area contributed by atoms with Gasteiger partial charge in [0.15, 0.2) is 0 Å². The van der Waals surface area contributed by atoms with Gasteiger partial charge in [0.05, 0.1) is 16.4 Å². The number of aromatic nitrogens is 5. The molecule has 7 heteroatoms. The lowest BCUT2D eigenvalue weighted by Gasteiger charge is -2.11. The Hall–Kier alpha value is -1.21. The molecule has 2 heterocycles. The van der Waals surface area contributed by atoms with Crippen LogP contribution in [0.3, 0.4) is 0 Å². The van der Waals surface area contributed by atoms with Crippen molar-refractivity contribution < 1.29 is 0 Å². The molecule has 15 heavy (non-hydrogen) atoms. The van der Waals surface area contributed by atoms with E-state index in [1.807, 2.05) is 11.6 Å². The van der Waals surface area contributed by atoms with E-state index in [4.69, 9.17) is 5.73 Å². The maximum atomic E-state index is 6.06. The first-order chi connectivity index (χ1) is 7.24. The Bertz CT molecular complexity index is 434. The van der Waals surface area contributed by atoms with E-state index in [9.17, 15) is 0 Å². The van der Waals surface area contributed by atoms with Gasteiger partial charge in [-0.15, -0.1) is 0 Å². The van der Waals surface area contributed by atoms with E-state index < -0.39 is 0 Å². The maximum Gasteiger partial charge on any atom is 0.147 e. The first-order valence-corrected chi connectivity index (χ1v) is 5.35. The molecule has 0 spiro atoms. The topological polar surface area (TPSA) is 85.4 Å². The first-order valence-electron chi connectivity index (χ1n) is 4.56. The van der Waals surface area contributed by atoms with Crippen molar-refractivity contribution in [1.29, 1.82) is 0 Å². The first kappa shape index (κ1) is 10.3. The molecule has 0 aliphatic carbocycles. The van der Waals surface area contributed by atoms with Gasteiger partial charge < -0.3 is 5.73 Å². The third kappa shape index (κ3) is 1.80. The summed E-state index contributed by atoms with van der Waals surface area (Å²) in [6.07, 6.45) is 3.17. The van der Waals surface area contributed by atoms with Crippen LogP contribution in [-0.2, 0) is 6.54 Å². The minimum absolute atomic E-state index is 0.343. The second-order valence-electron chi connectivity index (χ2n) is 3.04. The zero-order chi connectivity index (χ0) is 10.8. The number of hydrogen-bond acceptors (Lipinski definition) is 4. The molecule has 0 saturated carbocycles. The number of hydrogen-bond donors (Lipinski definition) is 2. The van der Waals surface area contributed by atoms with Gasteiger partial charge >= 0.3 is 0 Å². The minimum Gasteiger partial charge on any atom is -0.316 e. The van der Waals surface area contributed by atoms with Gasteiger partial charge in [-0.1, -0.05) is 0 Å². The van der Waals surface area contributed by atoms with Crippen LogP contribution in [-0.4, -0.2) is 25.0 Å². The van der Waals surface area contributed by atoms with E-state index >= 15 is 0 Å². The fourth-order valence-electron chi connectivity index (χ4n) is 1.43. The minimum atomic E-state index is -0.343. The molecule has 2 aromatic rings. The molecule has 0 radical (unpaired) electrons. The van der Waals surface area contributed by atoms with Crippen LogP contribution < -0.4 is 5.73 Å². The zero-order valence-electron chi connectivity index (χ0n) is 8.18. The van der Waals surface area contributed by atoms with Crippen molar-refractivity contribution in [2.45, 2.75) is 19.5 Å². The van der Waals surface area contributed by atoms with Crippen molar-refractivity contribution >= 4 is 15.9 Å². The molecule has 2 rings (SSSR count). The molecule has 0 aromatic carbocycles. The fraction of sp³-hybridized carbons (Fsp3) is 0.375. The second-order valence-corrected chi connectivity index (χ2v) is 3.90. The Morgan fingerprint density at radius 1 is 1.67 bits per heavy atom. The Morgan fingerprint density at radius 3 is 3.07 bits per heavy atom. The number of halogens is 1. The summed E-state index contributed by atoms with van der Waals surface area (Å²) in [5, 5.41) is 10.7. The Kier molecular flexibility index (Phi) is 2.83. The molecule has 0 fully saturated rings. The van der Waals surface area contributed by atoms with Crippen LogP contribution in [0, 0.1) is 0 Å². The molecule has 0 aliphatic rings. The quantitative estimate of drug-likeness (QED) is 0.865. The highest BCUT2D eigenvalue weighted by Crippen LogP contribution is 2.24. The van der Waals surface area contributed by atoms with Gasteiger partial charge in [0.2, 0.25) is 0 Å². The molecule has 0 amide bonds. The van der Waals surface area contributed by atoms with Crippen LogP contribution in [0.25, 0.3) is 0 Å². The summed E-state index contributed by atoms with van der Waals surface area (Å²) >= 11 is 3.42. The Balaban J connectivity index is 2.40. The summed E-state index contributed by atoms with van der Waals surface area (Å²) < 4.78 is 2.71. The van der Waals surface area contributed by atoms with Gasteiger partial charge in [-0.3, -0.25) is 9.78 Å². The summed E-state index contributed by atoms with van der Waals surface area (Å²) in [4.78, 5) is 4.04. The van der Waals surface area contributed by atoms with Crippen molar-refractivity contribution in [3.8, 4) is 0 Å². The summed E-state index contributed by atoms with van der Waals surface area (Å²) in [7, 11) is 0. The number of H-pyrrole nitrogens is 1. The van der Waals surface area contributed by atoms with Crippen molar-refractivity contribution in [3.63, 3.8) is 0 Å². The molecule has 2 aromatic heterocycles. The standard InChI is InChI=1S/C8H11BrN6/c1-2-15-7(5(9)3-13-15)6(10)8-11-4-12-14-8/h3-4,6H,2,10H2,1H3,(H,11,12,14). The highest BCUT2D eigenvalue weighted by Gasteiger charge is 2.19. The molecule has 6 nitrogen and oxygen atoms in total. The average molecular weight is 271 g/mol. The van der Waals surface area contributed by atoms with E-state index in [0.717, 1.165) is 16.7 Å². The molecule has 1 atom stereocenters. The number of aromatic amines is 1. The normalized spacial score (nSPS) is 13.0. The van der Waals surface area contributed by atoms with E-state index in [1.165, 1.54) is 6.33 Å². The highest BCUT2D eigenvalue weighted by atomic mass is 79.9. The third-order valence-corrected chi connectivity index (χ3v) is 2.77. The number of rotatable bonds is 3. The van der Waals surface area contributed by atoms with Crippen LogP contribution in [0.2, 0.25) is 0 Å². The molecule has 3 N–H and O–H groups in total. The predicted molar refractivity (Wildman–Crippen MR) is 58.0 cm³/mol. The zero-order valence-corrected chi connectivity index (χ0v) is 9.77. The number of nitrogens with two attached hydrogens (primary N) is 1. The summed E-state index contributed by atoms with van der Waals surface area (Å²) in [5.74, 6) is 0.630. The van der Waals surface area contributed by atoms with Crippen molar-refractivity contribution in [3.05, 3.63) is 28.5 Å². The van der Waals surface area contributed by atoms with Crippen LogP contribution in [0.1, 0.15) is 24.5 Å². The monoisotopic (exact) mass is 270 g/mol. The molecular formula is C8H11BrN6. The summed E-state index contributed by atoms with van der Waals surface area (Å²) in [6, 6.07) is -0.343. The lowest BCUT2D eigenvalue weighted by molar-refractivity contribution is 0.589. The molecule has 80 valence electrons. The highest BCUT2D eigenvalue weighted by molar-refractivity contribution is 9.10. The molecule has 0 bridgehead atoms. The molecular weight excluding hydrogens is 260 g/mol. The summed E-state index contributed by atoms with van der Waals surface area (Å²) in [6.45, 7) is 2.78. The maximum absolute atomic E-state index is 6.06. The number of nitrogens with one attached hydrogen (secondary N) is 1. The Labute approximate surface area is 95.0 Å². The van der Waals surface area contributed by atoms with E-state index in [-0.39, 0.29) is 6.04 Å². The summed E-state index contributed by atoms with van der Waals surface area (Å²) in [5.41, 5.74) is 6.96. The van der Waals surface area contributed by atoms with Crippen LogP contribution in [0.4, 0.5) is 0 Å². The van der Waals surface area contributed by atoms with Gasteiger partial charge in [-0.05, 0) is 22.9 Å². The van der Waals surface area contributed by atoms with Crippen LogP contribution in [0.15, 0.2) is 17.0 Å². The number of nitrogens with zero attached hydrogens (tertiary/aromatic N) is 4.